The Kier molecular flexibility index (Phi) is 3.96. The van der Waals surface area contributed by atoms with Crippen LogP contribution in [0.1, 0.15) is 63.0 Å². The van der Waals surface area contributed by atoms with Crippen molar-refractivity contribution in [2.45, 2.75) is 63.4 Å². The molecule has 142 valence electrons. The number of alkyl halides is 2. The first-order valence-electron chi connectivity index (χ1n) is 9.56. The second kappa shape index (κ2) is 5.75. The van der Waals surface area contributed by atoms with Crippen molar-refractivity contribution in [1.82, 2.24) is 4.90 Å². The number of nitrogens with zero attached hydrogens (tertiary/aromatic N) is 1. The molecule has 1 aromatic carbocycles. The summed E-state index contributed by atoms with van der Waals surface area (Å²) < 4.78 is 26.7. The molecule has 1 aromatic rings. The summed E-state index contributed by atoms with van der Waals surface area (Å²) in [5.41, 5.74) is 0.739. The van der Waals surface area contributed by atoms with Crippen LogP contribution >= 0.6 is 0 Å². The van der Waals surface area contributed by atoms with Crippen LogP contribution in [-0.4, -0.2) is 34.6 Å². The molecular weight excluding hydrogens is 336 g/mol. The van der Waals surface area contributed by atoms with Gasteiger partial charge in [-0.15, -0.1) is 0 Å². The van der Waals surface area contributed by atoms with Gasteiger partial charge in [-0.1, -0.05) is 24.3 Å². The number of aliphatic hydroxyl groups is 1. The number of carbonyl (C=O) groups excluding carboxylic acids is 1. The SMILES string of the molecule is CC(F)(F)c1ccc(C2CCC3(C2)CN(C(=O)[C@H]2C[C@@](C)(O)C2)C3)cc1. The number of rotatable bonds is 3. The number of amides is 1. The molecule has 3 nitrogen and oxygen atoms in total. The fourth-order valence-corrected chi connectivity index (χ4v) is 5.18. The van der Waals surface area contributed by atoms with E-state index in [2.05, 4.69) is 0 Å². The highest BCUT2D eigenvalue weighted by molar-refractivity contribution is 5.81. The van der Waals surface area contributed by atoms with E-state index in [1.54, 1.807) is 19.1 Å². The third-order valence-electron chi connectivity index (χ3n) is 6.68. The lowest BCUT2D eigenvalue weighted by Crippen LogP contribution is -2.61. The number of halogens is 2. The van der Waals surface area contributed by atoms with Crippen LogP contribution in [0.25, 0.3) is 0 Å². The number of likely N-dealkylation sites (tertiary alicyclic amines) is 1. The number of hydrogen-bond donors (Lipinski definition) is 1. The quantitative estimate of drug-likeness (QED) is 0.880. The zero-order valence-corrected chi connectivity index (χ0v) is 15.5. The zero-order valence-electron chi connectivity index (χ0n) is 15.5. The summed E-state index contributed by atoms with van der Waals surface area (Å²) in [6.07, 6.45) is 4.33. The maximum Gasteiger partial charge on any atom is 0.270 e. The van der Waals surface area contributed by atoms with E-state index in [-0.39, 0.29) is 22.8 Å². The van der Waals surface area contributed by atoms with Gasteiger partial charge in [-0.25, -0.2) is 8.78 Å². The molecule has 2 aliphatic carbocycles. The lowest BCUT2D eigenvalue weighted by atomic mass is 9.69. The Labute approximate surface area is 153 Å². The van der Waals surface area contributed by atoms with Gasteiger partial charge < -0.3 is 10.0 Å². The van der Waals surface area contributed by atoms with Crippen molar-refractivity contribution in [3.8, 4) is 0 Å². The van der Waals surface area contributed by atoms with Crippen LogP contribution in [0.3, 0.4) is 0 Å². The molecule has 0 radical (unpaired) electrons. The molecule has 3 aliphatic rings. The van der Waals surface area contributed by atoms with Crippen molar-refractivity contribution in [2.75, 3.05) is 13.1 Å². The summed E-state index contributed by atoms with van der Waals surface area (Å²) in [4.78, 5) is 14.4. The van der Waals surface area contributed by atoms with Gasteiger partial charge in [-0.2, -0.15) is 0 Å². The number of carbonyl (C=O) groups is 1. The van der Waals surface area contributed by atoms with E-state index >= 15 is 0 Å². The monoisotopic (exact) mass is 363 g/mol. The third kappa shape index (κ3) is 3.15. The Bertz CT molecular complexity index is 694. The molecule has 1 heterocycles. The van der Waals surface area contributed by atoms with Gasteiger partial charge in [0, 0.05) is 36.9 Å². The van der Waals surface area contributed by atoms with Crippen molar-refractivity contribution in [3.63, 3.8) is 0 Å². The second-order valence-electron chi connectivity index (χ2n) is 9.25. The Hall–Kier alpha value is -1.49. The van der Waals surface area contributed by atoms with Gasteiger partial charge in [0.15, 0.2) is 0 Å². The van der Waals surface area contributed by atoms with Gasteiger partial charge in [0.1, 0.15) is 0 Å². The minimum absolute atomic E-state index is 0.0113. The molecule has 0 aromatic heterocycles. The molecule has 2 saturated carbocycles. The maximum atomic E-state index is 13.4. The Morgan fingerprint density at radius 3 is 2.35 bits per heavy atom. The molecule has 0 bridgehead atoms. The van der Waals surface area contributed by atoms with Crippen LogP contribution in [0.15, 0.2) is 24.3 Å². The smallest absolute Gasteiger partial charge is 0.270 e. The fraction of sp³-hybridized carbons (Fsp3) is 0.667. The average molecular weight is 363 g/mol. The van der Waals surface area contributed by atoms with Gasteiger partial charge in [-0.3, -0.25) is 4.79 Å². The number of benzene rings is 1. The second-order valence-corrected chi connectivity index (χ2v) is 9.25. The van der Waals surface area contributed by atoms with E-state index in [9.17, 15) is 18.7 Å². The lowest BCUT2D eigenvalue weighted by molar-refractivity contribution is -0.161. The van der Waals surface area contributed by atoms with E-state index < -0.39 is 11.5 Å². The summed E-state index contributed by atoms with van der Waals surface area (Å²) in [7, 11) is 0. The molecule has 1 N–H and O–H groups in total. The molecule has 3 fully saturated rings. The minimum Gasteiger partial charge on any atom is -0.390 e. The van der Waals surface area contributed by atoms with Crippen LogP contribution in [0.5, 0.6) is 0 Å². The van der Waals surface area contributed by atoms with E-state index in [0.29, 0.717) is 18.8 Å². The highest BCUT2D eigenvalue weighted by atomic mass is 19.3. The van der Waals surface area contributed by atoms with Crippen LogP contribution in [0, 0.1) is 11.3 Å². The van der Waals surface area contributed by atoms with Crippen molar-refractivity contribution in [3.05, 3.63) is 35.4 Å². The van der Waals surface area contributed by atoms with Crippen LogP contribution in [0.4, 0.5) is 8.78 Å². The maximum absolute atomic E-state index is 13.4. The van der Waals surface area contributed by atoms with Crippen molar-refractivity contribution in [2.24, 2.45) is 11.3 Å². The van der Waals surface area contributed by atoms with E-state index in [0.717, 1.165) is 44.8 Å². The largest absolute Gasteiger partial charge is 0.390 e. The predicted molar refractivity (Wildman–Crippen MR) is 95.0 cm³/mol. The van der Waals surface area contributed by atoms with Crippen molar-refractivity contribution in [1.29, 1.82) is 0 Å². The predicted octanol–water partition coefficient (Wildman–Crippen LogP) is 4.06. The van der Waals surface area contributed by atoms with Crippen LogP contribution in [-0.2, 0) is 10.7 Å². The van der Waals surface area contributed by atoms with Crippen molar-refractivity contribution < 1.29 is 18.7 Å². The minimum atomic E-state index is -2.80. The summed E-state index contributed by atoms with van der Waals surface area (Å²) in [6, 6.07) is 6.77. The molecular formula is C21H27F2NO2. The summed E-state index contributed by atoms with van der Waals surface area (Å²) in [5.74, 6) is -2.21. The molecule has 1 saturated heterocycles. The lowest BCUT2D eigenvalue weighted by Gasteiger charge is -2.52. The first kappa shape index (κ1) is 17.9. The third-order valence-corrected chi connectivity index (χ3v) is 6.68. The molecule has 4 rings (SSSR count). The van der Waals surface area contributed by atoms with Crippen LogP contribution in [0.2, 0.25) is 0 Å². The summed E-state index contributed by atoms with van der Waals surface area (Å²) in [5, 5.41) is 9.82. The Balaban J connectivity index is 1.33. The molecule has 5 heteroatoms. The molecule has 1 aliphatic heterocycles. The van der Waals surface area contributed by atoms with Gasteiger partial charge in [0.25, 0.3) is 5.92 Å². The normalized spacial score (nSPS) is 33.0. The Morgan fingerprint density at radius 2 is 1.81 bits per heavy atom. The van der Waals surface area contributed by atoms with Gasteiger partial charge in [0.05, 0.1) is 5.60 Å². The molecule has 1 unspecified atom stereocenters. The van der Waals surface area contributed by atoms with E-state index in [4.69, 9.17) is 0 Å². The molecule has 26 heavy (non-hydrogen) atoms. The zero-order chi connectivity index (χ0) is 18.7. The van der Waals surface area contributed by atoms with E-state index in [1.807, 2.05) is 17.0 Å². The Morgan fingerprint density at radius 1 is 1.19 bits per heavy atom. The molecule has 1 atom stereocenters. The molecule has 1 spiro atoms. The summed E-state index contributed by atoms with van der Waals surface area (Å²) >= 11 is 0. The molecule has 1 amide bonds. The standard InChI is InChI=1S/C21H27F2NO2/c1-19(26)9-16(10-19)18(25)24-12-21(13-24)8-7-15(11-21)14-3-5-17(6-4-14)20(2,22)23/h3-6,15-16,26H,7-13H2,1-2H3/t15?,16-,19+. The highest BCUT2D eigenvalue weighted by Crippen LogP contribution is 2.53. The van der Waals surface area contributed by atoms with Gasteiger partial charge in [-0.05, 0) is 50.5 Å². The first-order valence-corrected chi connectivity index (χ1v) is 9.56. The average Bonchev–Trinajstić information content (AvgIpc) is 2.95. The van der Waals surface area contributed by atoms with E-state index in [1.165, 1.54) is 0 Å². The van der Waals surface area contributed by atoms with Gasteiger partial charge in [0.2, 0.25) is 5.91 Å². The topological polar surface area (TPSA) is 40.5 Å². The number of hydrogen-bond acceptors (Lipinski definition) is 2. The first-order chi connectivity index (χ1) is 12.1. The highest BCUT2D eigenvalue weighted by Gasteiger charge is 2.53. The summed E-state index contributed by atoms with van der Waals surface area (Å²) in [6.45, 7) is 4.34. The van der Waals surface area contributed by atoms with Crippen LogP contribution < -0.4 is 0 Å². The van der Waals surface area contributed by atoms with Gasteiger partial charge >= 0.3 is 0 Å². The van der Waals surface area contributed by atoms with Crippen molar-refractivity contribution >= 4 is 5.91 Å². The fourth-order valence-electron chi connectivity index (χ4n) is 5.18.